The summed E-state index contributed by atoms with van der Waals surface area (Å²) in [6, 6.07) is -0.636. The molecule has 54 heavy (non-hydrogen) atoms. The van der Waals surface area contributed by atoms with Crippen LogP contribution in [0.3, 0.4) is 0 Å². The van der Waals surface area contributed by atoms with Gasteiger partial charge in [0.25, 0.3) is 0 Å². The minimum Gasteiger partial charge on any atom is -0.462 e. The number of aliphatic hydroxyl groups is 3. The number of hydrogen-bond acceptors (Lipinski definition) is 11. The van der Waals surface area contributed by atoms with E-state index in [-0.39, 0.29) is 36.1 Å². The van der Waals surface area contributed by atoms with Crippen molar-refractivity contribution in [1.29, 1.82) is 0 Å². The first-order valence-electron chi connectivity index (χ1n) is 21.1. The standard InChI is InChI=1S/C43H75N3O8/c1-10-37-34(26-46-20-15-28(3)16-21-46)23-29(4)11-12-35(47)30(5)24-33(17-22-45-18-13-27(2)14-19-45)42(31(6)36(48)25-38(49)53-37)54-43-41(51)39(44(8)9)40(50)32(7)52-43/h11-12,23,27-28,30-34,36-37,39-43,48,50-51H,10,13-22,24-26H2,1-9H3/b12-11+,29-23+/t30-,31+,32+,33+,34-,36-,37-,39?,40?,41-,42-,43-/m1/s1. The Morgan fingerprint density at radius 3 is 2.09 bits per heavy atom. The Labute approximate surface area is 326 Å². The van der Waals surface area contributed by atoms with Crippen molar-refractivity contribution >= 4 is 11.8 Å². The van der Waals surface area contributed by atoms with Crippen molar-refractivity contribution in [3.05, 3.63) is 23.8 Å². The summed E-state index contributed by atoms with van der Waals surface area (Å²) in [5.74, 6) is -0.221. The molecule has 0 aromatic heterocycles. The lowest BCUT2D eigenvalue weighted by atomic mass is 9.79. The molecule has 0 radical (unpaired) electrons. The van der Waals surface area contributed by atoms with E-state index in [2.05, 4.69) is 29.7 Å². The SMILES string of the molecule is CC[C@H]1OC(=O)C[C@@H](O)[C@H](C)[C@@H](O[C@H]2O[C@@H](C)C(O)C(N(C)C)[C@H]2O)[C@@H](CCN2CCC(C)CC2)C[C@@H](C)C(=O)/C=C/C(C)=C/[C@@H]1CN1CCC(C)CC1. The molecule has 4 aliphatic rings. The number of likely N-dealkylation sites (N-methyl/N-ethyl adjacent to an activating group) is 1. The summed E-state index contributed by atoms with van der Waals surface area (Å²) in [5, 5.41) is 34.3. The number of carbonyl (C=O) groups is 2. The second-order valence-corrected chi connectivity index (χ2v) is 17.8. The van der Waals surface area contributed by atoms with Crippen molar-refractivity contribution in [3.8, 4) is 0 Å². The largest absolute Gasteiger partial charge is 0.462 e. The molecule has 3 fully saturated rings. The molecule has 11 nitrogen and oxygen atoms in total. The predicted molar refractivity (Wildman–Crippen MR) is 212 cm³/mol. The molecule has 4 rings (SSSR count). The second-order valence-electron chi connectivity index (χ2n) is 17.8. The van der Waals surface area contributed by atoms with Crippen LogP contribution >= 0.6 is 0 Å². The highest BCUT2D eigenvalue weighted by molar-refractivity contribution is 5.91. The van der Waals surface area contributed by atoms with Gasteiger partial charge in [0.15, 0.2) is 12.1 Å². The fraction of sp³-hybridized carbons (Fsp3) is 0.860. The van der Waals surface area contributed by atoms with Gasteiger partial charge < -0.3 is 44.2 Å². The van der Waals surface area contributed by atoms with E-state index >= 15 is 0 Å². The minimum absolute atomic E-state index is 0.0250. The van der Waals surface area contributed by atoms with E-state index in [9.17, 15) is 24.9 Å². The molecular formula is C43H75N3O8. The van der Waals surface area contributed by atoms with Crippen molar-refractivity contribution in [2.45, 2.75) is 149 Å². The fourth-order valence-corrected chi connectivity index (χ4v) is 9.03. The first kappa shape index (κ1) is 45.0. The van der Waals surface area contributed by atoms with Gasteiger partial charge in [-0.05, 0) is 129 Å². The number of nitrogens with zero attached hydrogens (tertiary/aromatic N) is 3. The Bertz CT molecular complexity index is 1230. The number of hydrogen-bond donors (Lipinski definition) is 3. The Hall–Kier alpha value is -1.70. The molecule has 0 saturated carbocycles. The predicted octanol–water partition coefficient (Wildman–Crippen LogP) is 4.68. The Kier molecular flexibility index (Phi) is 17.6. The summed E-state index contributed by atoms with van der Waals surface area (Å²) in [4.78, 5) is 34.3. The first-order valence-corrected chi connectivity index (χ1v) is 21.1. The quantitative estimate of drug-likeness (QED) is 0.283. The molecule has 11 heteroatoms. The Balaban J connectivity index is 1.68. The number of carbonyl (C=O) groups excluding carboxylic acids is 2. The summed E-state index contributed by atoms with van der Waals surface area (Å²) in [5.41, 5.74) is 0.952. The van der Waals surface area contributed by atoms with Gasteiger partial charge in [0.05, 0.1) is 36.9 Å². The van der Waals surface area contributed by atoms with Gasteiger partial charge in [-0.3, -0.25) is 9.59 Å². The molecule has 3 saturated heterocycles. The van der Waals surface area contributed by atoms with Gasteiger partial charge in [0.2, 0.25) is 0 Å². The van der Waals surface area contributed by atoms with Gasteiger partial charge >= 0.3 is 5.97 Å². The van der Waals surface area contributed by atoms with E-state index in [1.54, 1.807) is 32.0 Å². The average Bonchev–Trinajstić information content (AvgIpc) is 3.12. The zero-order chi connectivity index (χ0) is 39.7. The molecule has 3 N–H and O–H groups in total. The molecule has 0 bridgehead atoms. The smallest absolute Gasteiger partial charge is 0.308 e. The second kappa shape index (κ2) is 21.2. The highest BCUT2D eigenvalue weighted by Gasteiger charge is 2.47. The number of ether oxygens (including phenoxy) is 3. The van der Waals surface area contributed by atoms with Crippen molar-refractivity contribution in [2.75, 3.05) is 53.4 Å². The van der Waals surface area contributed by atoms with E-state index in [0.717, 1.165) is 70.5 Å². The monoisotopic (exact) mass is 762 g/mol. The van der Waals surface area contributed by atoms with Crippen LogP contribution in [-0.4, -0.2) is 144 Å². The van der Waals surface area contributed by atoms with Crippen LogP contribution in [0.25, 0.3) is 0 Å². The third-order valence-electron chi connectivity index (χ3n) is 13.0. The van der Waals surface area contributed by atoms with Crippen molar-refractivity contribution < 1.29 is 39.1 Å². The maximum absolute atomic E-state index is 13.8. The van der Waals surface area contributed by atoms with Crippen LogP contribution in [-0.2, 0) is 23.8 Å². The normalized spacial score (nSPS) is 40.0. The number of rotatable bonds is 9. The lowest BCUT2D eigenvalue weighted by Crippen LogP contribution is -2.63. The van der Waals surface area contributed by atoms with Crippen molar-refractivity contribution in [1.82, 2.24) is 14.7 Å². The van der Waals surface area contributed by atoms with Gasteiger partial charge in [-0.1, -0.05) is 52.3 Å². The molecule has 4 aliphatic heterocycles. The molecular weight excluding hydrogens is 686 g/mol. The van der Waals surface area contributed by atoms with Crippen LogP contribution in [0, 0.1) is 35.5 Å². The van der Waals surface area contributed by atoms with Crippen LogP contribution in [0.4, 0.5) is 0 Å². The van der Waals surface area contributed by atoms with E-state index in [1.807, 2.05) is 33.8 Å². The Morgan fingerprint density at radius 1 is 0.889 bits per heavy atom. The molecule has 0 aromatic rings. The zero-order valence-electron chi connectivity index (χ0n) is 34.9. The third-order valence-corrected chi connectivity index (χ3v) is 13.0. The number of cyclic esters (lactones) is 1. The van der Waals surface area contributed by atoms with Crippen molar-refractivity contribution in [3.63, 3.8) is 0 Å². The maximum Gasteiger partial charge on any atom is 0.308 e. The highest BCUT2D eigenvalue weighted by atomic mass is 16.7. The number of likely N-dealkylation sites (tertiary alicyclic amines) is 2. The molecule has 0 aliphatic carbocycles. The van der Waals surface area contributed by atoms with Crippen LogP contribution in [0.2, 0.25) is 0 Å². The molecule has 0 aromatic carbocycles. The maximum atomic E-state index is 13.8. The van der Waals surface area contributed by atoms with Crippen LogP contribution in [0.15, 0.2) is 23.8 Å². The number of esters is 1. The van der Waals surface area contributed by atoms with Gasteiger partial charge in [-0.2, -0.15) is 0 Å². The molecule has 12 atom stereocenters. The number of piperidine rings is 2. The average molecular weight is 762 g/mol. The lowest BCUT2D eigenvalue weighted by Gasteiger charge is -2.47. The number of ketones is 1. The van der Waals surface area contributed by atoms with Gasteiger partial charge in [0, 0.05) is 24.3 Å². The highest BCUT2D eigenvalue weighted by Crippen LogP contribution is 2.35. The molecule has 4 heterocycles. The topological polar surface area (TPSA) is 132 Å². The molecule has 0 amide bonds. The van der Waals surface area contributed by atoms with Crippen LogP contribution < -0.4 is 0 Å². The minimum atomic E-state index is -1.17. The third kappa shape index (κ3) is 12.7. The van der Waals surface area contributed by atoms with Gasteiger partial charge in [-0.15, -0.1) is 0 Å². The van der Waals surface area contributed by atoms with E-state index < -0.39 is 54.7 Å². The number of allylic oxidation sites excluding steroid dienone is 3. The number of aliphatic hydroxyl groups excluding tert-OH is 3. The first-order chi connectivity index (χ1) is 25.6. The van der Waals surface area contributed by atoms with Gasteiger partial charge in [0.1, 0.15) is 12.2 Å². The molecule has 310 valence electrons. The van der Waals surface area contributed by atoms with Crippen LogP contribution in [0.1, 0.15) is 99.8 Å². The zero-order valence-corrected chi connectivity index (χ0v) is 34.9. The van der Waals surface area contributed by atoms with E-state index in [1.165, 1.54) is 0 Å². The summed E-state index contributed by atoms with van der Waals surface area (Å²) in [6.07, 6.45) is 5.92. The molecule has 2 unspecified atom stereocenters. The molecule has 0 spiro atoms. The summed E-state index contributed by atoms with van der Waals surface area (Å²) < 4.78 is 19.1. The van der Waals surface area contributed by atoms with E-state index in [0.29, 0.717) is 31.1 Å². The fourth-order valence-electron chi connectivity index (χ4n) is 9.03. The van der Waals surface area contributed by atoms with Crippen LogP contribution in [0.5, 0.6) is 0 Å². The summed E-state index contributed by atoms with van der Waals surface area (Å²) in [6.45, 7) is 19.8. The summed E-state index contributed by atoms with van der Waals surface area (Å²) >= 11 is 0. The van der Waals surface area contributed by atoms with E-state index in [4.69, 9.17) is 14.2 Å². The van der Waals surface area contributed by atoms with Gasteiger partial charge in [-0.25, -0.2) is 0 Å². The summed E-state index contributed by atoms with van der Waals surface area (Å²) in [7, 11) is 3.61. The lowest BCUT2D eigenvalue weighted by molar-refractivity contribution is -0.304. The Morgan fingerprint density at radius 2 is 1.50 bits per heavy atom. The van der Waals surface area contributed by atoms with Crippen molar-refractivity contribution in [2.24, 2.45) is 35.5 Å².